The van der Waals surface area contributed by atoms with E-state index in [4.69, 9.17) is 5.10 Å². The summed E-state index contributed by atoms with van der Waals surface area (Å²) in [5.41, 5.74) is 4.68. The summed E-state index contributed by atoms with van der Waals surface area (Å²) in [7, 11) is 0. The summed E-state index contributed by atoms with van der Waals surface area (Å²) in [4.78, 5) is 27.7. The number of hydrogen-bond acceptors (Lipinski definition) is 3. The van der Waals surface area contributed by atoms with Gasteiger partial charge in [0, 0.05) is 24.7 Å². The number of nitrogens with one attached hydrogen (secondary N) is 2. The van der Waals surface area contributed by atoms with E-state index in [1.54, 1.807) is 9.58 Å². The molecule has 0 unspecified atom stereocenters. The first-order chi connectivity index (χ1) is 18.0. The average Bonchev–Trinajstić information content (AvgIpc) is 3.34. The number of nitrogens with zero attached hydrogens (tertiary/aromatic N) is 3. The molecule has 0 aliphatic heterocycles. The molecule has 4 rings (SSSR count). The van der Waals surface area contributed by atoms with E-state index >= 15 is 0 Å². The Kier molecular flexibility index (Phi) is 8.70. The molecule has 0 aliphatic carbocycles. The van der Waals surface area contributed by atoms with Gasteiger partial charge in [0.25, 0.3) is 0 Å². The van der Waals surface area contributed by atoms with Crippen LogP contribution in [-0.4, -0.2) is 39.7 Å². The minimum Gasteiger partial charge on any atom is -0.334 e. The van der Waals surface area contributed by atoms with E-state index < -0.39 is 0 Å². The van der Waals surface area contributed by atoms with Crippen molar-refractivity contribution in [3.8, 4) is 16.9 Å². The molecule has 0 fully saturated rings. The maximum Gasteiger partial charge on any atom is 0.318 e. The lowest BCUT2D eigenvalue weighted by Gasteiger charge is -2.22. The van der Waals surface area contributed by atoms with Crippen molar-refractivity contribution in [1.82, 2.24) is 20.0 Å². The van der Waals surface area contributed by atoms with Gasteiger partial charge in [-0.25, -0.2) is 9.48 Å². The van der Waals surface area contributed by atoms with Crippen LogP contribution < -0.4 is 10.6 Å². The maximum absolute atomic E-state index is 13.2. The Morgan fingerprint density at radius 2 is 1.59 bits per heavy atom. The van der Waals surface area contributed by atoms with Crippen LogP contribution in [0.1, 0.15) is 30.9 Å². The largest absolute Gasteiger partial charge is 0.334 e. The zero-order chi connectivity index (χ0) is 26.0. The van der Waals surface area contributed by atoms with Crippen molar-refractivity contribution >= 4 is 17.8 Å². The van der Waals surface area contributed by atoms with Gasteiger partial charge in [0.1, 0.15) is 12.4 Å². The molecule has 1 aromatic heterocycles. The fourth-order valence-corrected chi connectivity index (χ4v) is 3.95. The van der Waals surface area contributed by atoms with Gasteiger partial charge in [0.15, 0.2) is 0 Å². The molecule has 0 spiro atoms. The Labute approximate surface area is 218 Å². The zero-order valence-electron chi connectivity index (χ0n) is 21.4. The summed E-state index contributed by atoms with van der Waals surface area (Å²) < 4.78 is 1.73. The van der Waals surface area contributed by atoms with E-state index in [2.05, 4.69) is 17.6 Å². The van der Waals surface area contributed by atoms with Crippen molar-refractivity contribution < 1.29 is 9.59 Å². The minimum absolute atomic E-state index is 0.0552. The molecule has 0 bridgehead atoms. The number of unbranched alkanes of at least 4 members (excludes halogenated alkanes) is 1. The number of carbonyl (C=O) groups excluding carboxylic acids is 2. The highest BCUT2D eigenvalue weighted by molar-refractivity contribution is 5.94. The highest BCUT2D eigenvalue weighted by Crippen LogP contribution is 2.25. The van der Waals surface area contributed by atoms with Crippen molar-refractivity contribution in [3.05, 3.63) is 102 Å². The monoisotopic (exact) mass is 495 g/mol. The average molecular weight is 496 g/mol. The van der Waals surface area contributed by atoms with Crippen molar-refractivity contribution in [2.24, 2.45) is 0 Å². The zero-order valence-corrected chi connectivity index (χ0v) is 21.4. The molecule has 4 aromatic rings. The topological polar surface area (TPSA) is 79.3 Å². The highest BCUT2D eigenvalue weighted by Gasteiger charge is 2.19. The van der Waals surface area contributed by atoms with Gasteiger partial charge in [-0.2, -0.15) is 5.10 Å². The van der Waals surface area contributed by atoms with Crippen LogP contribution >= 0.6 is 0 Å². The van der Waals surface area contributed by atoms with E-state index in [0.29, 0.717) is 18.9 Å². The predicted octanol–water partition coefficient (Wildman–Crippen LogP) is 5.80. The van der Waals surface area contributed by atoms with Gasteiger partial charge in [0.05, 0.1) is 11.4 Å². The van der Waals surface area contributed by atoms with E-state index in [1.807, 2.05) is 97.9 Å². The number of anilines is 1. The second-order valence-corrected chi connectivity index (χ2v) is 9.00. The molecule has 190 valence electrons. The van der Waals surface area contributed by atoms with Gasteiger partial charge < -0.3 is 15.5 Å². The number of amides is 3. The van der Waals surface area contributed by atoms with Gasteiger partial charge in [-0.1, -0.05) is 91.7 Å². The molecule has 0 radical (unpaired) electrons. The summed E-state index contributed by atoms with van der Waals surface area (Å²) in [5, 5.41) is 10.7. The molecule has 0 saturated heterocycles. The standard InChI is InChI=1S/C30H33N5O2/c1-3-4-19-34(30(37)31-21-24-11-7-5-8-12-24)22-29(36)32-28-20-27(25-13-9-6-10-14-25)33-35(28)26-17-15-23(2)16-18-26/h5-18,20H,3-4,19,21-22H2,1-2H3,(H,31,37)(H,32,36). The number of urea groups is 1. The van der Waals surface area contributed by atoms with Gasteiger partial charge in [-0.3, -0.25) is 4.79 Å². The molecule has 3 aromatic carbocycles. The number of benzene rings is 3. The van der Waals surface area contributed by atoms with Crippen LogP contribution in [0.15, 0.2) is 91.0 Å². The van der Waals surface area contributed by atoms with Crippen LogP contribution in [0.5, 0.6) is 0 Å². The van der Waals surface area contributed by atoms with Gasteiger partial charge >= 0.3 is 6.03 Å². The van der Waals surface area contributed by atoms with E-state index in [9.17, 15) is 9.59 Å². The predicted molar refractivity (Wildman–Crippen MR) is 148 cm³/mol. The molecule has 3 amide bonds. The normalized spacial score (nSPS) is 10.6. The molecule has 0 saturated carbocycles. The molecular weight excluding hydrogens is 462 g/mol. The molecule has 0 aliphatic rings. The molecule has 0 atom stereocenters. The number of rotatable bonds is 10. The van der Waals surface area contributed by atoms with E-state index in [0.717, 1.165) is 40.9 Å². The summed E-state index contributed by atoms with van der Waals surface area (Å²) in [5.74, 6) is 0.270. The van der Waals surface area contributed by atoms with Crippen molar-refractivity contribution in [2.75, 3.05) is 18.4 Å². The lowest BCUT2D eigenvalue weighted by atomic mass is 10.1. The molecular formula is C30H33N5O2. The van der Waals surface area contributed by atoms with Crippen LogP contribution in [0.4, 0.5) is 10.6 Å². The fraction of sp³-hybridized carbons (Fsp3) is 0.233. The number of aromatic nitrogens is 2. The van der Waals surface area contributed by atoms with Crippen LogP contribution in [0.3, 0.4) is 0 Å². The van der Waals surface area contributed by atoms with Gasteiger partial charge in [-0.05, 0) is 31.0 Å². The maximum atomic E-state index is 13.2. The van der Waals surface area contributed by atoms with E-state index in [-0.39, 0.29) is 18.5 Å². The lowest BCUT2D eigenvalue weighted by molar-refractivity contribution is -0.116. The quantitative estimate of drug-likeness (QED) is 0.292. The van der Waals surface area contributed by atoms with Crippen LogP contribution in [-0.2, 0) is 11.3 Å². The second-order valence-electron chi connectivity index (χ2n) is 9.00. The summed E-state index contributed by atoms with van der Waals surface area (Å²) >= 11 is 0. The number of carbonyl (C=O) groups is 2. The van der Waals surface area contributed by atoms with E-state index in [1.165, 1.54) is 0 Å². The van der Waals surface area contributed by atoms with Crippen molar-refractivity contribution in [3.63, 3.8) is 0 Å². The number of aryl methyl sites for hydroxylation is 1. The molecule has 1 heterocycles. The molecule has 7 nitrogen and oxygen atoms in total. The van der Waals surface area contributed by atoms with Crippen LogP contribution in [0.25, 0.3) is 16.9 Å². The van der Waals surface area contributed by atoms with Crippen LogP contribution in [0, 0.1) is 6.92 Å². The smallest absolute Gasteiger partial charge is 0.318 e. The Morgan fingerprint density at radius 3 is 2.27 bits per heavy atom. The second kappa shape index (κ2) is 12.5. The summed E-state index contributed by atoms with van der Waals surface area (Å²) in [6.45, 7) is 4.94. The van der Waals surface area contributed by atoms with Crippen LogP contribution in [0.2, 0.25) is 0 Å². The Morgan fingerprint density at radius 1 is 0.919 bits per heavy atom. The summed E-state index contributed by atoms with van der Waals surface area (Å²) in [6, 6.07) is 29.1. The third-order valence-electron chi connectivity index (χ3n) is 6.01. The van der Waals surface area contributed by atoms with Gasteiger partial charge in [0.2, 0.25) is 5.91 Å². The Hall–Kier alpha value is -4.39. The Bertz CT molecular complexity index is 1300. The number of hydrogen-bond donors (Lipinski definition) is 2. The first-order valence-electron chi connectivity index (χ1n) is 12.6. The fourth-order valence-electron chi connectivity index (χ4n) is 3.95. The Balaban J connectivity index is 1.51. The first-order valence-corrected chi connectivity index (χ1v) is 12.6. The SMILES string of the molecule is CCCCN(CC(=O)Nc1cc(-c2ccccc2)nn1-c1ccc(C)cc1)C(=O)NCc1ccccc1. The molecule has 37 heavy (non-hydrogen) atoms. The van der Waals surface area contributed by atoms with Crippen molar-refractivity contribution in [2.45, 2.75) is 33.2 Å². The summed E-state index contributed by atoms with van der Waals surface area (Å²) in [6.07, 6.45) is 1.73. The molecule has 7 heteroatoms. The first kappa shape index (κ1) is 25.7. The van der Waals surface area contributed by atoms with Crippen molar-refractivity contribution in [1.29, 1.82) is 0 Å². The third kappa shape index (κ3) is 7.07. The highest BCUT2D eigenvalue weighted by atomic mass is 16.2. The lowest BCUT2D eigenvalue weighted by Crippen LogP contribution is -2.44. The minimum atomic E-state index is -0.279. The van der Waals surface area contributed by atoms with Gasteiger partial charge in [-0.15, -0.1) is 0 Å². The third-order valence-corrected chi connectivity index (χ3v) is 6.01. The molecule has 2 N–H and O–H groups in total.